The Bertz CT molecular complexity index is 1810. The van der Waals surface area contributed by atoms with Crippen molar-refractivity contribution in [2.45, 2.75) is 11.3 Å². The number of nitrogens with one attached hydrogen (secondary N) is 1. The van der Waals surface area contributed by atoms with E-state index in [1.807, 2.05) is 18.2 Å². The van der Waals surface area contributed by atoms with Crippen LogP contribution in [0.2, 0.25) is 5.15 Å². The van der Waals surface area contributed by atoms with Crippen molar-refractivity contribution in [3.05, 3.63) is 89.3 Å². The second kappa shape index (κ2) is 9.30. The van der Waals surface area contributed by atoms with Gasteiger partial charge in [-0.3, -0.25) is 9.59 Å². The lowest BCUT2D eigenvalue weighted by molar-refractivity contribution is -0.117. The van der Waals surface area contributed by atoms with Crippen LogP contribution in [0.3, 0.4) is 0 Å². The van der Waals surface area contributed by atoms with Crippen molar-refractivity contribution in [2.75, 3.05) is 11.6 Å². The van der Waals surface area contributed by atoms with E-state index in [-0.39, 0.29) is 22.0 Å². The second-order valence-electron chi connectivity index (χ2n) is 8.46. The zero-order valence-electron chi connectivity index (χ0n) is 19.5. The van der Waals surface area contributed by atoms with Gasteiger partial charge in [0.15, 0.2) is 9.84 Å². The van der Waals surface area contributed by atoms with E-state index < -0.39 is 21.7 Å². The average Bonchev–Trinajstić information content (AvgIpc) is 3.22. The number of anilines is 1. The van der Waals surface area contributed by atoms with E-state index in [1.165, 1.54) is 18.3 Å². The molecule has 186 valence electrons. The van der Waals surface area contributed by atoms with Crippen molar-refractivity contribution in [1.82, 2.24) is 14.8 Å². The predicted molar refractivity (Wildman–Crippen MR) is 142 cm³/mol. The van der Waals surface area contributed by atoms with Gasteiger partial charge in [0.2, 0.25) is 5.91 Å². The van der Waals surface area contributed by atoms with Crippen LogP contribution in [0, 0.1) is 0 Å². The Morgan fingerprint density at radius 1 is 1.03 bits per heavy atom. The number of sulfone groups is 1. The standard InChI is InChI=1S/C26H20ClN5O4S/c1-37(35,36)18-9-7-17(8-10-18)32-24-19(22(31-32)14-23(28)33)11-5-15-4-6-16(13-21(15)24)30-26(34)20-3-2-12-29-25(20)27/h2-13H,14H2,1H3,(H2,28,33)(H,30,34). The normalized spacial score (nSPS) is 11.6. The number of amides is 2. The number of nitrogens with zero attached hydrogens (tertiary/aromatic N) is 3. The van der Waals surface area contributed by atoms with Gasteiger partial charge in [0.05, 0.1) is 33.8 Å². The lowest BCUT2D eigenvalue weighted by Crippen LogP contribution is -2.14. The molecule has 0 saturated heterocycles. The summed E-state index contributed by atoms with van der Waals surface area (Å²) in [4.78, 5) is 28.7. The lowest BCUT2D eigenvalue weighted by Gasteiger charge is -2.10. The Kier molecular flexibility index (Phi) is 6.14. The number of rotatable bonds is 6. The molecular weight excluding hydrogens is 514 g/mol. The number of pyridine rings is 1. The van der Waals surface area contributed by atoms with Gasteiger partial charge in [0.1, 0.15) is 5.15 Å². The zero-order valence-corrected chi connectivity index (χ0v) is 21.0. The van der Waals surface area contributed by atoms with Crippen LogP contribution in [0.1, 0.15) is 16.1 Å². The third-order valence-corrected chi connectivity index (χ3v) is 7.28. The predicted octanol–water partition coefficient (Wildman–Crippen LogP) is 3.91. The van der Waals surface area contributed by atoms with Crippen molar-refractivity contribution in [2.24, 2.45) is 5.73 Å². The van der Waals surface area contributed by atoms with Gasteiger partial charge in [-0.25, -0.2) is 18.1 Å². The SMILES string of the molecule is CS(=O)(=O)c1ccc(-n2nc(CC(N)=O)c3ccc4ccc(NC(=O)c5cccnc5Cl)cc4c32)cc1. The number of halogens is 1. The second-order valence-corrected chi connectivity index (χ2v) is 10.8. The van der Waals surface area contributed by atoms with E-state index >= 15 is 0 Å². The Balaban J connectivity index is 1.68. The van der Waals surface area contributed by atoms with Gasteiger partial charge in [-0.15, -0.1) is 0 Å². The van der Waals surface area contributed by atoms with Gasteiger partial charge in [0.25, 0.3) is 5.91 Å². The fourth-order valence-corrected chi connectivity index (χ4v) is 4.97. The van der Waals surface area contributed by atoms with E-state index in [9.17, 15) is 18.0 Å². The molecule has 9 nitrogen and oxygen atoms in total. The van der Waals surface area contributed by atoms with Crippen LogP contribution in [-0.2, 0) is 21.1 Å². The third kappa shape index (κ3) is 4.76. The average molecular weight is 534 g/mol. The summed E-state index contributed by atoms with van der Waals surface area (Å²) in [6, 6.07) is 18.7. The van der Waals surface area contributed by atoms with E-state index in [4.69, 9.17) is 17.3 Å². The first kappa shape index (κ1) is 24.4. The molecule has 11 heteroatoms. The molecule has 0 atom stereocenters. The smallest absolute Gasteiger partial charge is 0.258 e. The van der Waals surface area contributed by atoms with Gasteiger partial charge in [-0.1, -0.05) is 29.8 Å². The summed E-state index contributed by atoms with van der Waals surface area (Å²) in [5.74, 6) is -0.947. The molecular formula is C26H20ClN5O4S. The van der Waals surface area contributed by atoms with Gasteiger partial charge in [-0.05, 0) is 53.9 Å². The van der Waals surface area contributed by atoms with Gasteiger partial charge in [0, 0.05) is 28.9 Å². The highest BCUT2D eigenvalue weighted by Crippen LogP contribution is 2.32. The zero-order chi connectivity index (χ0) is 26.3. The number of aromatic nitrogens is 3. The van der Waals surface area contributed by atoms with Crippen LogP contribution in [0.15, 0.2) is 77.8 Å². The number of nitrogens with two attached hydrogens (primary N) is 1. The number of hydrogen-bond acceptors (Lipinski definition) is 6. The van der Waals surface area contributed by atoms with Crippen LogP contribution < -0.4 is 11.1 Å². The first-order chi connectivity index (χ1) is 17.6. The first-order valence-corrected chi connectivity index (χ1v) is 13.3. The molecule has 0 unspecified atom stereocenters. The number of carbonyl (C=O) groups is 2. The summed E-state index contributed by atoms with van der Waals surface area (Å²) < 4.78 is 25.5. The Hall–Kier alpha value is -4.28. The molecule has 3 aromatic carbocycles. The molecule has 0 fully saturated rings. The van der Waals surface area contributed by atoms with E-state index in [2.05, 4.69) is 15.4 Å². The Labute approximate surface area is 216 Å². The molecule has 0 radical (unpaired) electrons. The Morgan fingerprint density at radius 3 is 2.43 bits per heavy atom. The highest BCUT2D eigenvalue weighted by molar-refractivity contribution is 7.90. The quantitative estimate of drug-likeness (QED) is 0.317. The van der Waals surface area contributed by atoms with Gasteiger partial charge < -0.3 is 11.1 Å². The van der Waals surface area contributed by atoms with Crippen LogP contribution in [0.4, 0.5) is 5.69 Å². The van der Waals surface area contributed by atoms with E-state index in [0.717, 1.165) is 17.0 Å². The topological polar surface area (TPSA) is 137 Å². The summed E-state index contributed by atoms with van der Waals surface area (Å²) in [6.07, 6.45) is 2.56. The molecule has 3 N–H and O–H groups in total. The van der Waals surface area contributed by atoms with Crippen molar-refractivity contribution < 1.29 is 18.0 Å². The van der Waals surface area contributed by atoms with Crippen molar-refractivity contribution in [1.29, 1.82) is 0 Å². The minimum Gasteiger partial charge on any atom is -0.369 e. The lowest BCUT2D eigenvalue weighted by atomic mass is 10.0. The molecule has 5 rings (SSSR count). The van der Waals surface area contributed by atoms with Crippen molar-refractivity contribution >= 4 is 60.6 Å². The molecule has 0 bridgehead atoms. The van der Waals surface area contributed by atoms with Crippen LogP contribution >= 0.6 is 11.6 Å². The minimum atomic E-state index is -3.38. The molecule has 0 saturated carbocycles. The molecule has 0 aliphatic rings. The molecule has 37 heavy (non-hydrogen) atoms. The minimum absolute atomic E-state index is 0.0770. The van der Waals surface area contributed by atoms with Crippen LogP contribution in [0.25, 0.3) is 27.4 Å². The summed E-state index contributed by atoms with van der Waals surface area (Å²) in [7, 11) is -3.38. The number of hydrogen-bond donors (Lipinski definition) is 2. The number of fused-ring (bicyclic) bond motifs is 3. The molecule has 2 aromatic heterocycles. The number of carbonyl (C=O) groups excluding carboxylic acids is 2. The maximum Gasteiger partial charge on any atom is 0.258 e. The third-order valence-electron chi connectivity index (χ3n) is 5.85. The summed E-state index contributed by atoms with van der Waals surface area (Å²) >= 11 is 6.07. The van der Waals surface area contributed by atoms with E-state index in [0.29, 0.717) is 28.0 Å². The molecule has 0 spiro atoms. The monoisotopic (exact) mass is 533 g/mol. The molecule has 2 heterocycles. The van der Waals surface area contributed by atoms with Crippen LogP contribution in [0.5, 0.6) is 0 Å². The highest BCUT2D eigenvalue weighted by Gasteiger charge is 2.18. The van der Waals surface area contributed by atoms with E-state index in [1.54, 1.807) is 41.1 Å². The molecule has 5 aromatic rings. The first-order valence-electron chi connectivity index (χ1n) is 11.1. The summed E-state index contributed by atoms with van der Waals surface area (Å²) in [6.45, 7) is 0. The van der Waals surface area contributed by atoms with Crippen LogP contribution in [-0.4, -0.2) is 41.3 Å². The fraction of sp³-hybridized carbons (Fsp3) is 0.0769. The number of primary amides is 1. The van der Waals surface area contributed by atoms with Gasteiger partial charge >= 0.3 is 0 Å². The largest absolute Gasteiger partial charge is 0.369 e. The number of benzene rings is 3. The maximum absolute atomic E-state index is 12.8. The van der Waals surface area contributed by atoms with Crippen molar-refractivity contribution in [3.8, 4) is 5.69 Å². The molecule has 0 aliphatic heterocycles. The fourth-order valence-electron chi connectivity index (χ4n) is 4.14. The summed E-state index contributed by atoms with van der Waals surface area (Å²) in [5.41, 5.74) is 7.98. The molecule has 2 amide bonds. The maximum atomic E-state index is 12.8. The van der Waals surface area contributed by atoms with Gasteiger partial charge in [-0.2, -0.15) is 5.10 Å². The molecule has 0 aliphatic carbocycles. The summed E-state index contributed by atoms with van der Waals surface area (Å²) in [5, 5.41) is 9.91. The highest BCUT2D eigenvalue weighted by atomic mass is 35.5. The Morgan fingerprint density at radius 2 is 1.76 bits per heavy atom. The van der Waals surface area contributed by atoms with Crippen molar-refractivity contribution in [3.63, 3.8) is 0 Å².